The molecule has 28 heavy (non-hydrogen) atoms. The Labute approximate surface area is 171 Å². The number of rotatable bonds is 4. The first-order valence-electron chi connectivity index (χ1n) is 9.09. The SMILES string of the molecule is O=C(OCc1ccc(Br)cc1)c1cccc(N2C(=O)[C@@H]3CC=CC[C@H]3C2=O)c1. The molecule has 0 saturated carbocycles. The maximum Gasteiger partial charge on any atom is 0.338 e. The van der Waals surface area contributed by atoms with Gasteiger partial charge in [0.05, 0.1) is 23.1 Å². The minimum absolute atomic E-state index is 0.147. The minimum Gasteiger partial charge on any atom is -0.457 e. The van der Waals surface area contributed by atoms with Gasteiger partial charge in [-0.3, -0.25) is 14.5 Å². The van der Waals surface area contributed by atoms with E-state index in [9.17, 15) is 14.4 Å². The van der Waals surface area contributed by atoms with Crippen LogP contribution in [-0.4, -0.2) is 17.8 Å². The van der Waals surface area contributed by atoms with Gasteiger partial charge in [-0.25, -0.2) is 4.79 Å². The summed E-state index contributed by atoms with van der Waals surface area (Å²) in [6, 6.07) is 14.0. The first-order valence-corrected chi connectivity index (χ1v) is 9.88. The molecule has 2 amide bonds. The second kappa shape index (κ2) is 7.72. The van der Waals surface area contributed by atoms with E-state index in [1.54, 1.807) is 24.3 Å². The maximum absolute atomic E-state index is 12.7. The summed E-state index contributed by atoms with van der Waals surface area (Å²) in [5.74, 6) is -1.49. The molecule has 0 unspecified atom stereocenters. The van der Waals surface area contributed by atoms with Gasteiger partial charge in [0.15, 0.2) is 0 Å². The van der Waals surface area contributed by atoms with Crippen molar-refractivity contribution in [3.63, 3.8) is 0 Å². The number of anilines is 1. The molecule has 1 saturated heterocycles. The fourth-order valence-corrected chi connectivity index (χ4v) is 3.90. The molecular formula is C22H18BrNO4. The van der Waals surface area contributed by atoms with Gasteiger partial charge in [-0.2, -0.15) is 0 Å². The van der Waals surface area contributed by atoms with Crippen LogP contribution in [0.5, 0.6) is 0 Å². The lowest BCUT2D eigenvalue weighted by Crippen LogP contribution is -2.31. The van der Waals surface area contributed by atoms with Gasteiger partial charge in [-0.1, -0.05) is 46.3 Å². The predicted molar refractivity (Wildman–Crippen MR) is 108 cm³/mol. The smallest absolute Gasteiger partial charge is 0.338 e. The molecule has 2 aliphatic rings. The lowest BCUT2D eigenvalue weighted by atomic mass is 9.85. The van der Waals surface area contributed by atoms with Crippen molar-refractivity contribution in [3.05, 3.63) is 76.3 Å². The summed E-state index contributed by atoms with van der Waals surface area (Å²) in [6.07, 6.45) is 5.07. The molecule has 2 aromatic rings. The van der Waals surface area contributed by atoms with Gasteiger partial charge in [-0.05, 0) is 48.7 Å². The first-order chi connectivity index (χ1) is 13.5. The van der Waals surface area contributed by atoms with Crippen molar-refractivity contribution in [3.8, 4) is 0 Å². The zero-order chi connectivity index (χ0) is 19.7. The number of imide groups is 1. The number of carbonyl (C=O) groups excluding carboxylic acids is 3. The number of esters is 1. The van der Waals surface area contributed by atoms with Crippen LogP contribution in [0.15, 0.2) is 65.2 Å². The molecule has 5 nitrogen and oxygen atoms in total. The van der Waals surface area contributed by atoms with Crippen LogP contribution >= 0.6 is 15.9 Å². The Kier molecular flexibility index (Phi) is 5.13. The molecule has 1 heterocycles. The van der Waals surface area contributed by atoms with Crippen molar-refractivity contribution < 1.29 is 19.1 Å². The Morgan fingerprint density at radius 3 is 2.29 bits per heavy atom. The maximum atomic E-state index is 12.7. The molecule has 0 radical (unpaired) electrons. The summed E-state index contributed by atoms with van der Waals surface area (Å²) in [5, 5.41) is 0. The average Bonchev–Trinajstić information content (AvgIpc) is 2.98. The van der Waals surface area contributed by atoms with Crippen LogP contribution in [0.2, 0.25) is 0 Å². The molecule has 1 aliphatic carbocycles. The topological polar surface area (TPSA) is 63.7 Å². The molecule has 0 bridgehead atoms. The molecule has 2 atom stereocenters. The Morgan fingerprint density at radius 2 is 1.64 bits per heavy atom. The Hall–Kier alpha value is -2.73. The lowest BCUT2D eigenvalue weighted by molar-refractivity contribution is -0.122. The number of fused-ring (bicyclic) bond motifs is 1. The van der Waals surface area contributed by atoms with Gasteiger partial charge in [-0.15, -0.1) is 0 Å². The number of ether oxygens (including phenoxy) is 1. The van der Waals surface area contributed by atoms with E-state index in [0.29, 0.717) is 24.1 Å². The molecule has 1 fully saturated rings. The van der Waals surface area contributed by atoms with Crippen molar-refractivity contribution in [2.24, 2.45) is 11.8 Å². The molecule has 0 N–H and O–H groups in total. The van der Waals surface area contributed by atoms with E-state index < -0.39 is 5.97 Å². The van der Waals surface area contributed by atoms with Crippen molar-refractivity contribution in [2.75, 3.05) is 4.90 Å². The van der Waals surface area contributed by atoms with Crippen molar-refractivity contribution in [1.82, 2.24) is 0 Å². The summed E-state index contributed by atoms with van der Waals surface area (Å²) in [6.45, 7) is 0.147. The molecule has 1 aliphatic heterocycles. The largest absolute Gasteiger partial charge is 0.457 e. The third-order valence-electron chi connectivity index (χ3n) is 5.13. The highest BCUT2D eigenvalue weighted by Gasteiger charge is 2.47. The molecule has 2 aromatic carbocycles. The number of nitrogens with zero attached hydrogens (tertiary/aromatic N) is 1. The normalized spacial score (nSPS) is 21.0. The highest BCUT2D eigenvalue weighted by Crippen LogP contribution is 2.37. The van der Waals surface area contributed by atoms with Crippen LogP contribution in [-0.2, 0) is 20.9 Å². The predicted octanol–water partition coefficient (Wildman–Crippen LogP) is 4.26. The quantitative estimate of drug-likeness (QED) is 0.405. The number of amides is 2. The van der Waals surface area contributed by atoms with Crippen molar-refractivity contribution in [1.29, 1.82) is 0 Å². The summed E-state index contributed by atoms with van der Waals surface area (Å²) < 4.78 is 6.32. The van der Waals surface area contributed by atoms with Crippen molar-refractivity contribution in [2.45, 2.75) is 19.4 Å². The summed E-state index contributed by atoms with van der Waals surface area (Å²) >= 11 is 3.36. The van der Waals surface area contributed by atoms with Crippen molar-refractivity contribution >= 4 is 39.4 Å². The second-order valence-corrected chi connectivity index (χ2v) is 7.84. The minimum atomic E-state index is -0.497. The third-order valence-corrected chi connectivity index (χ3v) is 5.66. The zero-order valence-corrected chi connectivity index (χ0v) is 16.6. The zero-order valence-electron chi connectivity index (χ0n) is 15.0. The number of halogens is 1. The highest BCUT2D eigenvalue weighted by atomic mass is 79.9. The van der Waals surface area contributed by atoms with E-state index in [1.165, 1.54) is 4.90 Å². The number of carbonyl (C=O) groups is 3. The van der Waals surface area contributed by atoms with Crippen LogP contribution in [0.25, 0.3) is 0 Å². The van der Waals surface area contributed by atoms with E-state index in [1.807, 2.05) is 36.4 Å². The van der Waals surface area contributed by atoms with Gasteiger partial charge in [0.1, 0.15) is 6.61 Å². The average molecular weight is 440 g/mol. The summed E-state index contributed by atoms with van der Waals surface area (Å²) in [4.78, 5) is 39.1. The molecule has 6 heteroatoms. The number of hydrogen-bond donors (Lipinski definition) is 0. The lowest BCUT2D eigenvalue weighted by Gasteiger charge is -2.15. The van der Waals surface area contributed by atoms with Crippen LogP contribution in [0, 0.1) is 11.8 Å². The Morgan fingerprint density at radius 1 is 1.00 bits per heavy atom. The van der Waals surface area contributed by atoms with E-state index >= 15 is 0 Å². The summed E-state index contributed by atoms with van der Waals surface area (Å²) in [5.41, 5.74) is 1.60. The van der Waals surface area contributed by atoms with Crippen LogP contribution in [0.4, 0.5) is 5.69 Å². The number of hydrogen-bond acceptors (Lipinski definition) is 4. The fraction of sp³-hybridized carbons (Fsp3) is 0.227. The molecular weight excluding hydrogens is 422 g/mol. The van der Waals surface area contributed by atoms with Gasteiger partial charge < -0.3 is 4.74 Å². The van der Waals surface area contributed by atoms with Gasteiger partial charge in [0, 0.05) is 4.47 Å². The van der Waals surface area contributed by atoms with E-state index in [-0.39, 0.29) is 30.3 Å². The molecule has 0 aromatic heterocycles. The third kappa shape index (κ3) is 3.52. The summed E-state index contributed by atoms with van der Waals surface area (Å²) in [7, 11) is 0. The van der Waals surface area contributed by atoms with Crippen LogP contribution < -0.4 is 4.90 Å². The standard InChI is InChI=1S/C22H18BrNO4/c23-16-10-8-14(9-11-16)13-28-22(27)15-4-3-5-17(12-15)24-20(25)18-6-1-2-7-19(18)21(24)26/h1-5,8-12,18-19H,6-7,13H2/t18-,19-/m1/s1. The van der Waals surface area contributed by atoms with Gasteiger partial charge in [0.25, 0.3) is 0 Å². The Balaban J connectivity index is 1.50. The fourth-order valence-electron chi connectivity index (χ4n) is 3.64. The van der Waals surface area contributed by atoms with E-state index in [0.717, 1.165) is 10.0 Å². The number of allylic oxidation sites excluding steroid dienone is 2. The number of benzene rings is 2. The van der Waals surface area contributed by atoms with Gasteiger partial charge >= 0.3 is 5.97 Å². The van der Waals surface area contributed by atoms with Crippen LogP contribution in [0.1, 0.15) is 28.8 Å². The van der Waals surface area contributed by atoms with Gasteiger partial charge in [0.2, 0.25) is 11.8 Å². The molecule has 4 rings (SSSR count). The first kappa shape index (κ1) is 18.6. The Bertz CT molecular complexity index is 941. The van der Waals surface area contributed by atoms with Crippen LogP contribution in [0.3, 0.4) is 0 Å². The highest BCUT2D eigenvalue weighted by molar-refractivity contribution is 9.10. The van der Waals surface area contributed by atoms with E-state index in [2.05, 4.69) is 15.9 Å². The van der Waals surface area contributed by atoms with E-state index in [4.69, 9.17) is 4.74 Å². The monoisotopic (exact) mass is 439 g/mol. The molecule has 142 valence electrons. The molecule has 0 spiro atoms. The second-order valence-electron chi connectivity index (χ2n) is 6.92.